The number of hydrogen-bond donors (Lipinski definition) is 0. The summed E-state index contributed by atoms with van der Waals surface area (Å²) in [5.74, 6) is 0. The average molecular weight is 491 g/mol. The average Bonchev–Trinajstić information content (AvgIpc) is 3.15. The molecule has 0 nitrogen and oxygen atoms in total. The molecular weight excluding hydrogens is 462 g/mol. The Labute approximate surface area is 190 Å². The molecule has 3 heteroatoms. The number of fused-ring (bicyclic) bond motifs is 3. The Morgan fingerprint density at radius 3 is 1.71 bits per heavy atom. The molecular formula is C25H28Cl2Zr. The van der Waals surface area contributed by atoms with Gasteiger partial charge in [-0.2, -0.15) is 0 Å². The summed E-state index contributed by atoms with van der Waals surface area (Å²) in [4.78, 5) is 0. The summed E-state index contributed by atoms with van der Waals surface area (Å²) in [6.45, 7) is 13.9. The molecule has 0 spiro atoms. The minimum Gasteiger partial charge on any atom is -1.00 e. The molecule has 0 radical (unpaired) electrons. The van der Waals surface area contributed by atoms with Gasteiger partial charge < -0.3 is 24.8 Å². The summed E-state index contributed by atoms with van der Waals surface area (Å²) < 4.78 is 4.11. The van der Waals surface area contributed by atoms with E-state index < -0.39 is 21.3 Å². The minimum absolute atomic E-state index is 0. The second-order valence-corrected chi connectivity index (χ2v) is 15.7. The van der Waals surface area contributed by atoms with Gasteiger partial charge >= 0.3 is 166 Å². The molecule has 0 amide bonds. The van der Waals surface area contributed by atoms with Crippen molar-refractivity contribution in [2.45, 2.75) is 51.6 Å². The van der Waals surface area contributed by atoms with E-state index in [1.54, 1.807) is 17.6 Å². The van der Waals surface area contributed by atoms with Crippen molar-refractivity contribution in [3.8, 4) is 11.1 Å². The van der Waals surface area contributed by atoms with Gasteiger partial charge in [0.2, 0.25) is 0 Å². The van der Waals surface area contributed by atoms with E-state index >= 15 is 0 Å². The van der Waals surface area contributed by atoms with Gasteiger partial charge in [0.15, 0.2) is 0 Å². The zero-order valence-corrected chi connectivity index (χ0v) is 21.6. The van der Waals surface area contributed by atoms with E-state index in [1.807, 2.05) is 0 Å². The molecule has 2 aromatic carbocycles. The van der Waals surface area contributed by atoms with Crippen molar-refractivity contribution in [3.05, 3.63) is 79.2 Å². The Hall–Kier alpha value is -0.747. The molecule has 0 saturated carbocycles. The normalized spacial score (nSPS) is 13.7. The van der Waals surface area contributed by atoms with Gasteiger partial charge in [0.25, 0.3) is 0 Å². The summed E-state index contributed by atoms with van der Waals surface area (Å²) >= 11 is -1.98. The Morgan fingerprint density at radius 1 is 0.821 bits per heavy atom. The summed E-state index contributed by atoms with van der Waals surface area (Å²) in [6, 6.07) is 9.67. The maximum atomic E-state index is 2.44. The van der Waals surface area contributed by atoms with Gasteiger partial charge in [-0.15, -0.1) is 0 Å². The maximum absolute atomic E-state index is 2.44. The summed E-state index contributed by atoms with van der Waals surface area (Å²) in [6.07, 6.45) is 8.24. The van der Waals surface area contributed by atoms with Crippen molar-refractivity contribution in [1.29, 1.82) is 0 Å². The quantitative estimate of drug-likeness (QED) is 0.581. The molecule has 0 unspecified atom stereocenters. The van der Waals surface area contributed by atoms with Crippen LogP contribution in [0.25, 0.3) is 11.1 Å². The predicted molar refractivity (Wildman–Crippen MR) is 111 cm³/mol. The van der Waals surface area contributed by atoms with Crippen molar-refractivity contribution in [2.75, 3.05) is 0 Å². The zero-order chi connectivity index (χ0) is 18.6. The Kier molecular flexibility index (Phi) is 7.52. The standard InChI is InChI=1S/C17H17.C5H5.C3H6.2ClH.Zr/c1-10-5-12(3)14-9-15-13(4)6-11(2)8-17(15)16(14)7-10;1-2-4-5-3-1;1-3-2;;;/h5-9H,1-4H3;1-3H,4H2;1-2H3;2*1H;/q;;;;;+2/p-2. The predicted octanol–water partition coefficient (Wildman–Crippen LogP) is 0.672. The topological polar surface area (TPSA) is 0 Å². The molecule has 146 valence electrons. The van der Waals surface area contributed by atoms with Crippen LogP contribution in [0.4, 0.5) is 0 Å². The van der Waals surface area contributed by atoms with Gasteiger partial charge in [-0.1, -0.05) is 0 Å². The second-order valence-electron chi connectivity index (χ2n) is 8.26. The van der Waals surface area contributed by atoms with Gasteiger partial charge in [0.1, 0.15) is 0 Å². The molecule has 0 atom stereocenters. The first-order valence-electron chi connectivity index (χ1n) is 9.64. The monoisotopic (exact) mass is 488 g/mol. The first kappa shape index (κ1) is 23.5. The van der Waals surface area contributed by atoms with Crippen LogP contribution < -0.4 is 24.8 Å². The third-order valence-electron chi connectivity index (χ3n) is 5.87. The van der Waals surface area contributed by atoms with Gasteiger partial charge in [-0.3, -0.25) is 0 Å². The van der Waals surface area contributed by atoms with Crippen molar-refractivity contribution >= 4 is 3.21 Å². The number of allylic oxidation sites excluding steroid dienone is 4. The fraction of sp³-hybridized carbons (Fsp3) is 0.320. The summed E-state index contributed by atoms with van der Waals surface area (Å²) in [5.41, 5.74) is 12.1. The number of halogens is 2. The van der Waals surface area contributed by atoms with Crippen LogP contribution in [0.2, 0.25) is 0 Å². The molecule has 0 bridgehead atoms. The molecule has 2 aromatic rings. The van der Waals surface area contributed by atoms with Crippen LogP contribution >= 0.6 is 0 Å². The van der Waals surface area contributed by atoms with Crippen LogP contribution in [-0.2, 0) is 21.3 Å². The second kappa shape index (κ2) is 8.95. The first-order chi connectivity index (χ1) is 12.4. The first-order valence-corrected chi connectivity index (χ1v) is 13.5. The maximum Gasteiger partial charge on any atom is -1.00 e. The van der Waals surface area contributed by atoms with E-state index in [9.17, 15) is 0 Å². The van der Waals surface area contributed by atoms with Crippen molar-refractivity contribution in [2.24, 2.45) is 0 Å². The molecule has 0 N–H and O–H groups in total. The Balaban J connectivity index is 0.00000140. The van der Waals surface area contributed by atoms with Crippen molar-refractivity contribution in [3.63, 3.8) is 0 Å². The molecule has 0 aromatic heterocycles. The molecule has 2 aliphatic carbocycles. The smallest absolute Gasteiger partial charge is 1.00 e. The molecule has 28 heavy (non-hydrogen) atoms. The molecule has 0 fully saturated rings. The van der Waals surface area contributed by atoms with Crippen LogP contribution in [0.15, 0.2) is 45.8 Å². The molecule has 2 aliphatic rings. The number of rotatable bonds is 2. The molecule has 0 saturated heterocycles. The number of aryl methyl sites for hydroxylation is 4. The Morgan fingerprint density at radius 2 is 1.32 bits per heavy atom. The van der Waals surface area contributed by atoms with Gasteiger partial charge in [-0.05, 0) is 0 Å². The van der Waals surface area contributed by atoms with E-state index in [4.69, 9.17) is 0 Å². The van der Waals surface area contributed by atoms with Crippen LogP contribution in [0.5, 0.6) is 0 Å². The van der Waals surface area contributed by atoms with E-state index in [0.717, 1.165) is 0 Å². The van der Waals surface area contributed by atoms with Gasteiger partial charge in [0.05, 0.1) is 0 Å². The van der Waals surface area contributed by atoms with Gasteiger partial charge in [0, 0.05) is 0 Å². The number of benzene rings is 2. The van der Waals surface area contributed by atoms with Gasteiger partial charge in [-0.25, -0.2) is 0 Å². The third kappa shape index (κ3) is 3.83. The third-order valence-corrected chi connectivity index (χ3v) is 14.0. The van der Waals surface area contributed by atoms with Crippen molar-refractivity contribution in [1.82, 2.24) is 0 Å². The zero-order valence-electron chi connectivity index (χ0n) is 17.6. The van der Waals surface area contributed by atoms with Crippen LogP contribution in [0, 0.1) is 27.7 Å². The molecule has 4 rings (SSSR count). The van der Waals surface area contributed by atoms with Crippen LogP contribution in [-0.4, -0.2) is 3.21 Å². The van der Waals surface area contributed by atoms with E-state index in [1.165, 1.54) is 39.8 Å². The van der Waals surface area contributed by atoms with E-state index in [0.29, 0.717) is 3.63 Å². The van der Waals surface area contributed by atoms with E-state index in [-0.39, 0.29) is 24.8 Å². The van der Waals surface area contributed by atoms with Crippen LogP contribution in [0.3, 0.4) is 0 Å². The van der Waals surface area contributed by atoms with Crippen molar-refractivity contribution < 1.29 is 46.1 Å². The fourth-order valence-electron chi connectivity index (χ4n) is 5.04. The summed E-state index contributed by atoms with van der Waals surface area (Å²) in [7, 11) is 0. The largest absolute Gasteiger partial charge is 1.00 e. The molecule has 0 aliphatic heterocycles. The van der Waals surface area contributed by atoms with Crippen LogP contribution in [0.1, 0.15) is 57.3 Å². The molecule has 0 heterocycles. The SMILES string of the molecule is C[C](C)=[Zr+2]([C]1=CC=CC1)[CH]1c2c(C)cc(C)cc2-c2cc(C)cc(C)c21.[Cl-].[Cl-]. The summed E-state index contributed by atoms with van der Waals surface area (Å²) in [5, 5.41) is 0. The van der Waals surface area contributed by atoms with E-state index in [2.05, 4.69) is 84.0 Å². The fourth-order valence-corrected chi connectivity index (χ4v) is 13.8. The number of hydrogen-bond acceptors (Lipinski definition) is 0. The minimum atomic E-state index is -1.98. The Bertz CT molecular complexity index is 964.